The molecule has 0 aromatic heterocycles. The number of nitrogens with zero attached hydrogens (tertiary/aromatic N) is 2. The van der Waals surface area contributed by atoms with Crippen LogP contribution in [0.1, 0.15) is 36.5 Å². The third kappa shape index (κ3) is 4.01. The smallest absolute Gasteiger partial charge is 0.321 e. The molecule has 0 atom stereocenters. The lowest BCUT2D eigenvalue weighted by Gasteiger charge is -2.36. The largest absolute Gasteiger partial charge is 0.368 e. The Morgan fingerprint density at radius 2 is 1.62 bits per heavy atom. The number of nitrogens with one attached hydrogen (secondary N) is 1. The Hall–Kier alpha value is -2.49. The summed E-state index contributed by atoms with van der Waals surface area (Å²) in [4.78, 5) is 16.8. The van der Waals surface area contributed by atoms with Gasteiger partial charge in [0.05, 0.1) is 0 Å². The SMILES string of the molecule is Cc1cccc(NC(=O)N2CCN(c3ccc(C(C)C)cc3)CC2)c1C. The van der Waals surface area contributed by atoms with Crippen molar-refractivity contribution in [3.8, 4) is 0 Å². The molecule has 138 valence electrons. The average molecular weight is 351 g/mol. The van der Waals surface area contributed by atoms with E-state index in [2.05, 4.69) is 61.3 Å². The van der Waals surface area contributed by atoms with E-state index in [0.717, 1.165) is 37.4 Å². The third-order valence-electron chi connectivity index (χ3n) is 5.34. The zero-order chi connectivity index (χ0) is 18.7. The molecule has 2 aromatic carbocycles. The molecule has 1 aliphatic heterocycles. The standard InChI is InChI=1S/C22H29N3O/c1-16(2)19-8-10-20(11-9-19)24-12-14-25(15-13-24)22(26)23-21-7-5-6-17(3)18(21)4/h5-11,16H,12-15H2,1-4H3,(H,23,26). The first-order valence-electron chi connectivity index (χ1n) is 9.43. The van der Waals surface area contributed by atoms with Gasteiger partial charge in [-0.15, -0.1) is 0 Å². The summed E-state index contributed by atoms with van der Waals surface area (Å²) in [6.07, 6.45) is 0. The fraction of sp³-hybridized carbons (Fsp3) is 0.409. The maximum Gasteiger partial charge on any atom is 0.321 e. The van der Waals surface area contributed by atoms with Crippen LogP contribution in [0, 0.1) is 13.8 Å². The van der Waals surface area contributed by atoms with Gasteiger partial charge in [-0.1, -0.05) is 38.1 Å². The van der Waals surface area contributed by atoms with Gasteiger partial charge in [0.25, 0.3) is 0 Å². The van der Waals surface area contributed by atoms with Gasteiger partial charge < -0.3 is 15.1 Å². The molecule has 2 aromatic rings. The molecular formula is C22H29N3O. The fourth-order valence-corrected chi connectivity index (χ4v) is 3.32. The zero-order valence-corrected chi connectivity index (χ0v) is 16.2. The van der Waals surface area contributed by atoms with E-state index in [9.17, 15) is 4.79 Å². The molecule has 4 heteroatoms. The molecule has 0 unspecified atom stereocenters. The molecule has 1 aliphatic rings. The number of rotatable bonds is 3. The van der Waals surface area contributed by atoms with E-state index in [4.69, 9.17) is 0 Å². The van der Waals surface area contributed by atoms with Crippen LogP contribution in [0.4, 0.5) is 16.2 Å². The lowest BCUT2D eigenvalue weighted by atomic mass is 10.0. The molecule has 2 amide bonds. The van der Waals surface area contributed by atoms with Crippen LogP contribution in [0.15, 0.2) is 42.5 Å². The molecule has 0 spiro atoms. The number of hydrogen-bond donors (Lipinski definition) is 1. The van der Waals surface area contributed by atoms with Crippen molar-refractivity contribution in [1.82, 2.24) is 4.90 Å². The predicted octanol–water partition coefficient (Wildman–Crippen LogP) is 4.78. The van der Waals surface area contributed by atoms with Gasteiger partial charge in [0.15, 0.2) is 0 Å². The predicted molar refractivity (Wildman–Crippen MR) is 109 cm³/mol. The summed E-state index contributed by atoms with van der Waals surface area (Å²) in [5.74, 6) is 0.551. The van der Waals surface area contributed by atoms with Gasteiger partial charge in [0.1, 0.15) is 0 Å². The highest BCUT2D eigenvalue weighted by Gasteiger charge is 2.21. The van der Waals surface area contributed by atoms with Crippen LogP contribution < -0.4 is 10.2 Å². The number of aryl methyl sites for hydroxylation is 1. The van der Waals surface area contributed by atoms with Crippen LogP contribution in [0.2, 0.25) is 0 Å². The number of piperazine rings is 1. The van der Waals surface area contributed by atoms with Crippen molar-refractivity contribution in [3.63, 3.8) is 0 Å². The van der Waals surface area contributed by atoms with Crippen molar-refractivity contribution < 1.29 is 4.79 Å². The van der Waals surface area contributed by atoms with Crippen molar-refractivity contribution in [2.45, 2.75) is 33.6 Å². The van der Waals surface area contributed by atoms with Crippen LogP contribution in [0.5, 0.6) is 0 Å². The number of carbonyl (C=O) groups is 1. The van der Waals surface area contributed by atoms with Crippen LogP contribution in [0.3, 0.4) is 0 Å². The fourth-order valence-electron chi connectivity index (χ4n) is 3.32. The van der Waals surface area contributed by atoms with E-state index < -0.39 is 0 Å². The Bertz CT molecular complexity index is 759. The minimum atomic E-state index is -0.00601. The highest BCUT2D eigenvalue weighted by Crippen LogP contribution is 2.22. The molecule has 0 aliphatic carbocycles. The van der Waals surface area contributed by atoms with E-state index in [1.807, 2.05) is 24.0 Å². The van der Waals surface area contributed by atoms with Gasteiger partial charge in [-0.05, 0) is 54.7 Å². The first kappa shape index (κ1) is 18.3. The monoisotopic (exact) mass is 351 g/mol. The van der Waals surface area contributed by atoms with E-state index in [-0.39, 0.29) is 6.03 Å². The molecule has 1 heterocycles. The molecule has 1 fully saturated rings. The second-order valence-corrected chi connectivity index (χ2v) is 7.40. The second kappa shape index (κ2) is 7.81. The quantitative estimate of drug-likeness (QED) is 0.864. The molecule has 1 N–H and O–H groups in total. The van der Waals surface area contributed by atoms with Gasteiger partial charge in [0, 0.05) is 37.6 Å². The van der Waals surface area contributed by atoms with Gasteiger partial charge in [-0.3, -0.25) is 0 Å². The van der Waals surface area contributed by atoms with E-state index in [1.165, 1.54) is 16.8 Å². The summed E-state index contributed by atoms with van der Waals surface area (Å²) in [5, 5.41) is 3.06. The normalized spacial score (nSPS) is 14.7. The van der Waals surface area contributed by atoms with Gasteiger partial charge in [-0.2, -0.15) is 0 Å². The number of anilines is 2. The van der Waals surface area contributed by atoms with Crippen molar-refractivity contribution in [2.24, 2.45) is 0 Å². The Morgan fingerprint density at radius 1 is 0.962 bits per heavy atom. The summed E-state index contributed by atoms with van der Waals surface area (Å²) < 4.78 is 0. The van der Waals surface area contributed by atoms with Crippen LogP contribution in [0.25, 0.3) is 0 Å². The number of amides is 2. The highest BCUT2D eigenvalue weighted by atomic mass is 16.2. The Balaban J connectivity index is 1.57. The molecule has 0 radical (unpaired) electrons. The van der Waals surface area contributed by atoms with Crippen molar-refractivity contribution >= 4 is 17.4 Å². The molecule has 0 saturated carbocycles. The molecular weight excluding hydrogens is 322 g/mol. The minimum Gasteiger partial charge on any atom is -0.368 e. The molecule has 3 rings (SSSR count). The van der Waals surface area contributed by atoms with Crippen LogP contribution in [-0.2, 0) is 0 Å². The Morgan fingerprint density at radius 3 is 2.23 bits per heavy atom. The number of hydrogen-bond acceptors (Lipinski definition) is 2. The van der Waals surface area contributed by atoms with E-state index in [1.54, 1.807) is 0 Å². The lowest BCUT2D eigenvalue weighted by molar-refractivity contribution is 0.208. The third-order valence-corrected chi connectivity index (χ3v) is 5.34. The summed E-state index contributed by atoms with van der Waals surface area (Å²) >= 11 is 0. The van der Waals surface area contributed by atoms with Gasteiger partial charge >= 0.3 is 6.03 Å². The molecule has 0 bridgehead atoms. The average Bonchev–Trinajstić information content (AvgIpc) is 2.65. The minimum absolute atomic E-state index is 0.00601. The first-order chi connectivity index (χ1) is 12.5. The van der Waals surface area contributed by atoms with E-state index in [0.29, 0.717) is 5.92 Å². The lowest BCUT2D eigenvalue weighted by Crippen LogP contribution is -2.50. The first-order valence-corrected chi connectivity index (χ1v) is 9.43. The summed E-state index contributed by atoms with van der Waals surface area (Å²) in [7, 11) is 0. The Labute approximate surface area is 156 Å². The molecule has 1 saturated heterocycles. The van der Waals surface area contributed by atoms with Crippen LogP contribution >= 0.6 is 0 Å². The summed E-state index contributed by atoms with van der Waals surface area (Å²) in [6, 6.07) is 14.8. The maximum atomic E-state index is 12.6. The molecule has 26 heavy (non-hydrogen) atoms. The number of benzene rings is 2. The van der Waals surface area contributed by atoms with Gasteiger partial charge in [0.2, 0.25) is 0 Å². The van der Waals surface area contributed by atoms with Crippen LogP contribution in [-0.4, -0.2) is 37.1 Å². The maximum absolute atomic E-state index is 12.6. The zero-order valence-electron chi connectivity index (χ0n) is 16.2. The summed E-state index contributed by atoms with van der Waals surface area (Å²) in [5.41, 5.74) is 5.83. The Kier molecular flexibility index (Phi) is 5.50. The summed E-state index contributed by atoms with van der Waals surface area (Å²) in [6.45, 7) is 11.7. The highest BCUT2D eigenvalue weighted by molar-refractivity contribution is 5.90. The second-order valence-electron chi connectivity index (χ2n) is 7.40. The van der Waals surface area contributed by atoms with Gasteiger partial charge in [-0.25, -0.2) is 4.79 Å². The molecule has 4 nitrogen and oxygen atoms in total. The van der Waals surface area contributed by atoms with E-state index >= 15 is 0 Å². The van der Waals surface area contributed by atoms with Crippen molar-refractivity contribution in [2.75, 3.05) is 36.4 Å². The van der Waals surface area contributed by atoms with Crippen molar-refractivity contribution in [1.29, 1.82) is 0 Å². The number of urea groups is 1. The van der Waals surface area contributed by atoms with Crippen molar-refractivity contribution in [3.05, 3.63) is 59.2 Å². The number of carbonyl (C=O) groups excluding carboxylic acids is 1. The topological polar surface area (TPSA) is 35.6 Å².